The van der Waals surface area contributed by atoms with E-state index in [1.54, 1.807) is 4.52 Å². The molecule has 3 rings (SSSR count). The Hall–Kier alpha value is -1.54. The second kappa shape index (κ2) is 4.04. The van der Waals surface area contributed by atoms with Crippen molar-refractivity contribution in [2.75, 3.05) is 5.73 Å². The van der Waals surface area contributed by atoms with E-state index in [1.165, 1.54) is 22.7 Å². The van der Waals surface area contributed by atoms with Gasteiger partial charge in [-0.3, -0.25) is 0 Å². The normalized spacial score (nSPS) is 11.4. The molecule has 2 N–H and O–H groups in total. The molecule has 17 heavy (non-hydrogen) atoms. The van der Waals surface area contributed by atoms with Crippen LogP contribution >= 0.6 is 22.7 Å². The van der Waals surface area contributed by atoms with Crippen molar-refractivity contribution >= 4 is 32.8 Å². The van der Waals surface area contributed by atoms with Gasteiger partial charge in [-0.15, -0.1) is 21.5 Å². The van der Waals surface area contributed by atoms with Gasteiger partial charge >= 0.3 is 0 Å². The summed E-state index contributed by atoms with van der Waals surface area (Å²) in [6, 6.07) is 0. The van der Waals surface area contributed by atoms with Crippen molar-refractivity contribution in [3.8, 4) is 0 Å². The third-order valence-electron chi connectivity index (χ3n) is 2.32. The minimum atomic E-state index is 0.595. The fourth-order valence-corrected chi connectivity index (χ4v) is 2.98. The maximum absolute atomic E-state index is 5.60. The molecule has 3 aromatic heterocycles. The Morgan fingerprint density at radius 3 is 3.00 bits per heavy atom. The van der Waals surface area contributed by atoms with Gasteiger partial charge in [-0.1, -0.05) is 18.3 Å². The summed E-state index contributed by atoms with van der Waals surface area (Å²) in [4.78, 5) is 5.05. The van der Waals surface area contributed by atoms with Crippen molar-refractivity contribution in [2.24, 2.45) is 0 Å². The fraction of sp³-hybridized carbons (Fsp3) is 0.333. The van der Waals surface area contributed by atoms with Crippen LogP contribution in [0.3, 0.4) is 0 Å². The first-order valence-corrected chi connectivity index (χ1v) is 6.85. The number of thiazole rings is 1. The molecule has 0 aliphatic rings. The number of aromatic nitrogens is 5. The van der Waals surface area contributed by atoms with Crippen LogP contribution in [0.25, 0.3) is 4.96 Å². The van der Waals surface area contributed by atoms with Crippen molar-refractivity contribution in [3.05, 3.63) is 21.9 Å². The molecule has 0 fully saturated rings. The summed E-state index contributed by atoms with van der Waals surface area (Å²) in [5.74, 6) is 0.889. The zero-order valence-electron chi connectivity index (χ0n) is 9.12. The molecule has 3 heterocycles. The minimum absolute atomic E-state index is 0.595. The monoisotopic (exact) mass is 266 g/mol. The average molecular weight is 266 g/mol. The van der Waals surface area contributed by atoms with Gasteiger partial charge in [-0.25, -0.2) is 4.98 Å². The molecule has 0 saturated heterocycles. The van der Waals surface area contributed by atoms with Crippen LogP contribution in [0.2, 0.25) is 0 Å². The Bertz CT molecular complexity index is 651. The summed E-state index contributed by atoms with van der Waals surface area (Å²) in [7, 11) is 0. The second-order valence-electron chi connectivity index (χ2n) is 3.51. The van der Waals surface area contributed by atoms with Gasteiger partial charge in [0, 0.05) is 18.2 Å². The average Bonchev–Trinajstić information content (AvgIpc) is 2.94. The number of fused-ring (bicyclic) bond motifs is 1. The van der Waals surface area contributed by atoms with Gasteiger partial charge in [-0.2, -0.15) is 9.61 Å². The largest absolute Gasteiger partial charge is 0.375 e. The van der Waals surface area contributed by atoms with E-state index in [0.29, 0.717) is 11.6 Å². The summed E-state index contributed by atoms with van der Waals surface area (Å²) in [6.45, 7) is 2.04. The van der Waals surface area contributed by atoms with E-state index in [0.717, 1.165) is 27.9 Å². The molecule has 0 radical (unpaired) electrons. The Morgan fingerprint density at radius 2 is 2.29 bits per heavy atom. The highest BCUT2D eigenvalue weighted by Gasteiger charge is 2.11. The maximum atomic E-state index is 5.60. The number of nitrogens with two attached hydrogens (primary N) is 1. The van der Waals surface area contributed by atoms with E-state index < -0.39 is 0 Å². The van der Waals surface area contributed by atoms with Crippen molar-refractivity contribution in [1.82, 2.24) is 24.8 Å². The Kier molecular flexibility index (Phi) is 2.52. The molecule has 0 aliphatic carbocycles. The highest BCUT2D eigenvalue weighted by Crippen LogP contribution is 2.19. The summed E-state index contributed by atoms with van der Waals surface area (Å²) in [5, 5.41) is 16.2. The highest BCUT2D eigenvalue weighted by atomic mass is 32.1. The first kappa shape index (κ1) is 10.6. The van der Waals surface area contributed by atoms with Crippen LogP contribution in [0.4, 0.5) is 5.13 Å². The van der Waals surface area contributed by atoms with Crippen molar-refractivity contribution in [3.63, 3.8) is 0 Å². The Labute approximate surface area is 105 Å². The number of aryl methyl sites for hydroxylation is 1. The van der Waals surface area contributed by atoms with E-state index in [2.05, 4.69) is 20.3 Å². The van der Waals surface area contributed by atoms with Crippen molar-refractivity contribution < 1.29 is 0 Å². The standard InChI is InChI=1S/C9H10N6S2/c1-2-6-12-13-9-15(6)14-7(17-9)3-5-4-16-8(10)11-5/h4H,2-3H2,1H3,(H2,10,11). The first-order chi connectivity index (χ1) is 8.26. The summed E-state index contributed by atoms with van der Waals surface area (Å²) in [6.07, 6.45) is 1.53. The molecule has 0 amide bonds. The molecular formula is C9H10N6S2. The molecule has 88 valence electrons. The molecule has 0 spiro atoms. The lowest BCUT2D eigenvalue weighted by Gasteiger charge is -1.90. The molecule has 8 heteroatoms. The van der Waals surface area contributed by atoms with Gasteiger partial charge in [0.25, 0.3) is 0 Å². The molecule has 0 unspecified atom stereocenters. The number of nitrogen functional groups attached to an aromatic ring is 1. The van der Waals surface area contributed by atoms with E-state index in [9.17, 15) is 0 Å². The van der Waals surface area contributed by atoms with Gasteiger partial charge in [0.1, 0.15) is 5.01 Å². The lowest BCUT2D eigenvalue weighted by atomic mass is 10.4. The number of rotatable bonds is 3. The predicted octanol–water partition coefficient (Wildman–Crippen LogP) is 1.38. The molecule has 0 atom stereocenters. The number of nitrogens with zero attached hydrogens (tertiary/aromatic N) is 5. The van der Waals surface area contributed by atoms with Gasteiger partial charge in [0.15, 0.2) is 11.0 Å². The highest BCUT2D eigenvalue weighted by molar-refractivity contribution is 7.16. The summed E-state index contributed by atoms with van der Waals surface area (Å²) in [5.41, 5.74) is 6.55. The van der Waals surface area contributed by atoms with Gasteiger partial charge in [-0.05, 0) is 0 Å². The maximum Gasteiger partial charge on any atom is 0.234 e. The Morgan fingerprint density at radius 1 is 1.41 bits per heavy atom. The first-order valence-electron chi connectivity index (χ1n) is 5.16. The number of hydrogen-bond donors (Lipinski definition) is 1. The van der Waals surface area contributed by atoms with Crippen LogP contribution in [0.15, 0.2) is 5.38 Å². The zero-order valence-corrected chi connectivity index (χ0v) is 10.8. The third-order valence-corrected chi connectivity index (χ3v) is 3.94. The fourth-order valence-electron chi connectivity index (χ4n) is 1.55. The van der Waals surface area contributed by atoms with Crippen LogP contribution < -0.4 is 5.73 Å². The van der Waals surface area contributed by atoms with Crippen LogP contribution in [0.5, 0.6) is 0 Å². The summed E-state index contributed by atoms with van der Waals surface area (Å²) >= 11 is 2.99. The van der Waals surface area contributed by atoms with Crippen LogP contribution in [-0.2, 0) is 12.8 Å². The lowest BCUT2D eigenvalue weighted by molar-refractivity contribution is 0.815. The summed E-state index contributed by atoms with van der Waals surface area (Å²) < 4.78 is 1.80. The molecular weight excluding hydrogens is 256 g/mol. The number of anilines is 1. The van der Waals surface area contributed by atoms with E-state index in [-0.39, 0.29) is 0 Å². The minimum Gasteiger partial charge on any atom is -0.375 e. The quantitative estimate of drug-likeness (QED) is 0.774. The molecule has 3 aromatic rings. The third kappa shape index (κ3) is 1.89. The van der Waals surface area contributed by atoms with Crippen LogP contribution in [-0.4, -0.2) is 24.8 Å². The molecule has 0 saturated carbocycles. The van der Waals surface area contributed by atoms with E-state index in [4.69, 9.17) is 5.73 Å². The van der Waals surface area contributed by atoms with E-state index in [1.807, 2.05) is 12.3 Å². The Balaban J connectivity index is 1.93. The van der Waals surface area contributed by atoms with Crippen molar-refractivity contribution in [1.29, 1.82) is 0 Å². The van der Waals surface area contributed by atoms with Gasteiger partial charge in [0.2, 0.25) is 4.96 Å². The topological polar surface area (TPSA) is 82.0 Å². The second-order valence-corrected chi connectivity index (χ2v) is 5.44. The van der Waals surface area contributed by atoms with Crippen LogP contribution in [0, 0.1) is 0 Å². The molecule has 6 nitrogen and oxygen atoms in total. The van der Waals surface area contributed by atoms with Gasteiger partial charge < -0.3 is 5.73 Å². The SMILES string of the molecule is CCc1nnc2sc(Cc3csc(N)n3)nn12. The van der Waals surface area contributed by atoms with Crippen LogP contribution in [0.1, 0.15) is 23.4 Å². The lowest BCUT2D eigenvalue weighted by Crippen LogP contribution is -1.95. The smallest absolute Gasteiger partial charge is 0.234 e. The molecule has 0 aromatic carbocycles. The predicted molar refractivity (Wildman–Crippen MR) is 67.4 cm³/mol. The molecule has 0 bridgehead atoms. The number of hydrogen-bond acceptors (Lipinski definition) is 7. The van der Waals surface area contributed by atoms with Crippen molar-refractivity contribution in [2.45, 2.75) is 19.8 Å². The van der Waals surface area contributed by atoms with E-state index >= 15 is 0 Å². The molecule has 0 aliphatic heterocycles. The zero-order chi connectivity index (χ0) is 11.8. The van der Waals surface area contributed by atoms with Gasteiger partial charge in [0.05, 0.1) is 5.69 Å².